The van der Waals surface area contributed by atoms with E-state index in [-0.39, 0.29) is 0 Å². The molecule has 1 aromatic heterocycles. The predicted octanol–water partition coefficient (Wildman–Crippen LogP) is 5.54. The van der Waals surface area contributed by atoms with Crippen molar-refractivity contribution in [3.8, 4) is 11.5 Å². The topological polar surface area (TPSA) is 40.7 Å². The highest BCUT2D eigenvalue weighted by Gasteiger charge is 2.08. The Morgan fingerprint density at radius 1 is 0.645 bits per heavy atom. The highest BCUT2D eigenvalue weighted by atomic mass is 16.5. The predicted molar refractivity (Wildman–Crippen MR) is 132 cm³/mol. The first-order valence-corrected chi connectivity index (χ1v) is 11.9. The molecular weight excluding hydrogens is 386 g/mol. The molecule has 31 heavy (non-hydrogen) atoms. The Morgan fingerprint density at radius 3 is 1.45 bits per heavy atom. The first kappa shape index (κ1) is 23.4. The van der Waals surface area contributed by atoms with Crippen molar-refractivity contribution >= 4 is 21.8 Å². The lowest BCUT2D eigenvalue weighted by atomic mass is 10.1. The van der Waals surface area contributed by atoms with Gasteiger partial charge in [0.1, 0.15) is 11.5 Å². The fraction of sp³-hybridized carbons (Fsp3) is 0.538. The number of rotatable bonds is 14. The van der Waals surface area contributed by atoms with E-state index in [0.29, 0.717) is 0 Å². The molecule has 0 saturated carbocycles. The lowest BCUT2D eigenvalue weighted by molar-refractivity contribution is 0.249. The van der Waals surface area contributed by atoms with E-state index in [1.165, 1.54) is 10.8 Å². The lowest BCUT2D eigenvalue weighted by Gasteiger charge is -2.17. The van der Waals surface area contributed by atoms with Crippen molar-refractivity contribution in [3.63, 3.8) is 0 Å². The van der Waals surface area contributed by atoms with Crippen LogP contribution >= 0.6 is 0 Å². The second-order valence-corrected chi connectivity index (χ2v) is 8.00. The highest BCUT2D eigenvalue weighted by Crippen LogP contribution is 2.31. The third-order valence-corrected chi connectivity index (χ3v) is 6.11. The number of aromatic nitrogens is 1. The summed E-state index contributed by atoms with van der Waals surface area (Å²) >= 11 is 0. The Bertz CT molecular complexity index is 855. The molecule has 1 heterocycles. The van der Waals surface area contributed by atoms with E-state index in [0.717, 1.165) is 87.9 Å². The molecular formula is C26H39N3O2. The summed E-state index contributed by atoms with van der Waals surface area (Å²) in [6.07, 6.45) is 2.08. The molecule has 5 heteroatoms. The third kappa shape index (κ3) is 6.37. The molecule has 0 bridgehead atoms. The number of hydrogen-bond donors (Lipinski definition) is 1. The van der Waals surface area contributed by atoms with Gasteiger partial charge in [0, 0.05) is 34.9 Å². The molecule has 5 nitrogen and oxygen atoms in total. The van der Waals surface area contributed by atoms with E-state index in [2.05, 4.69) is 78.9 Å². The Hall–Kier alpha value is -2.24. The van der Waals surface area contributed by atoms with Gasteiger partial charge in [-0.1, -0.05) is 27.7 Å². The van der Waals surface area contributed by atoms with Crippen LogP contribution < -0.4 is 9.47 Å². The van der Waals surface area contributed by atoms with Gasteiger partial charge < -0.3 is 24.3 Å². The van der Waals surface area contributed by atoms with Crippen LogP contribution in [-0.4, -0.2) is 67.3 Å². The normalized spacial score (nSPS) is 11.8. The summed E-state index contributed by atoms with van der Waals surface area (Å²) in [5, 5.41) is 2.37. The Kier molecular flexibility index (Phi) is 9.04. The van der Waals surface area contributed by atoms with Gasteiger partial charge in [0.05, 0.1) is 13.2 Å². The van der Waals surface area contributed by atoms with Crippen LogP contribution in [0.2, 0.25) is 0 Å². The van der Waals surface area contributed by atoms with Crippen molar-refractivity contribution in [1.29, 1.82) is 0 Å². The molecule has 0 aliphatic carbocycles. The summed E-state index contributed by atoms with van der Waals surface area (Å²) in [4.78, 5) is 8.36. The molecule has 1 N–H and O–H groups in total. The van der Waals surface area contributed by atoms with Crippen LogP contribution in [0.25, 0.3) is 21.8 Å². The largest absolute Gasteiger partial charge is 0.494 e. The van der Waals surface area contributed by atoms with Crippen LogP contribution in [0.3, 0.4) is 0 Å². The summed E-state index contributed by atoms with van der Waals surface area (Å²) in [7, 11) is 0. The zero-order chi connectivity index (χ0) is 22.1. The number of fused-ring (bicyclic) bond motifs is 3. The van der Waals surface area contributed by atoms with Crippen LogP contribution in [0.4, 0.5) is 0 Å². The maximum absolute atomic E-state index is 6.05. The zero-order valence-electron chi connectivity index (χ0n) is 19.7. The summed E-state index contributed by atoms with van der Waals surface area (Å²) in [5.41, 5.74) is 2.26. The van der Waals surface area contributed by atoms with Crippen molar-refractivity contribution in [2.75, 3.05) is 52.5 Å². The Balaban J connectivity index is 1.62. The van der Waals surface area contributed by atoms with Crippen LogP contribution in [0.1, 0.15) is 40.5 Å². The average Bonchev–Trinajstić information content (AvgIpc) is 3.16. The van der Waals surface area contributed by atoms with Gasteiger partial charge in [-0.2, -0.15) is 0 Å². The van der Waals surface area contributed by atoms with Crippen molar-refractivity contribution in [2.24, 2.45) is 0 Å². The van der Waals surface area contributed by atoms with Gasteiger partial charge in [-0.15, -0.1) is 0 Å². The number of nitrogens with one attached hydrogen (secondary N) is 1. The Labute approximate surface area is 187 Å². The molecule has 170 valence electrons. The van der Waals surface area contributed by atoms with E-state index in [9.17, 15) is 0 Å². The van der Waals surface area contributed by atoms with Crippen molar-refractivity contribution in [3.05, 3.63) is 36.4 Å². The minimum absolute atomic E-state index is 0.741. The van der Waals surface area contributed by atoms with Crippen molar-refractivity contribution in [1.82, 2.24) is 14.8 Å². The van der Waals surface area contributed by atoms with Gasteiger partial charge in [0.2, 0.25) is 0 Å². The third-order valence-electron chi connectivity index (χ3n) is 6.11. The van der Waals surface area contributed by atoms with E-state index in [4.69, 9.17) is 9.47 Å². The van der Waals surface area contributed by atoms with Crippen LogP contribution in [0.5, 0.6) is 11.5 Å². The van der Waals surface area contributed by atoms with Gasteiger partial charge in [-0.25, -0.2) is 0 Å². The second kappa shape index (κ2) is 12.0. The number of nitrogens with zero attached hydrogens (tertiary/aromatic N) is 2. The summed E-state index contributed by atoms with van der Waals surface area (Å²) in [6, 6.07) is 12.6. The van der Waals surface area contributed by atoms with E-state index < -0.39 is 0 Å². The quantitative estimate of drug-likeness (QED) is 0.344. The molecule has 0 spiro atoms. The van der Waals surface area contributed by atoms with Gasteiger partial charge in [-0.3, -0.25) is 0 Å². The van der Waals surface area contributed by atoms with Crippen LogP contribution in [0.15, 0.2) is 36.4 Å². The molecule has 0 aliphatic rings. The molecule has 0 fully saturated rings. The molecule has 0 radical (unpaired) electrons. The lowest BCUT2D eigenvalue weighted by Crippen LogP contribution is -2.25. The van der Waals surface area contributed by atoms with Gasteiger partial charge in [0.15, 0.2) is 0 Å². The number of H-pyrrole nitrogens is 1. The minimum atomic E-state index is 0.741. The number of aromatic amines is 1. The van der Waals surface area contributed by atoms with Gasteiger partial charge >= 0.3 is 0 Å². The highest BCUT2D eigenvalue weighted by molar-refractivity contribution is 6.08. The number of benzene rings is 2. The molecule has 0 aliphatic heterocycles. The van der Waals surface area contributed by atoms with Crippen LogP contribution in [-0.2, 0) is 0 Å². The number of ether oxygens (including phenoxy) is 2. The first-order chi connectivity index (χ1) is 15.2. The van der Waals surface area contributed by atoms with Crippen molar-refractivity contribution < 1.29 is 9.47 Å². The maximum Gasteiger partial charge on any atom is 0.120 e. The van der Waals surface area contributed by atoms with E-state index in [1.54, 1.807) is 0 Å². The maximum atomic E-state index is 6.05. The van der Waals surface area contributed by atoms with Crippen LogP contribution in [0, 0.1) is 0 Å². The number of hydrogen-bond acceptors (Lipinski definition) is 4. The minimum Gasteiger partial charge on any atom is -0.494 e. The molecule has 3 rings (SSSR count). The average molecular weight is 426 g/mol. The molecule has 0 atom stereocenters. The zero-order valence-corrected chi connectivity index (χ0v) is 19.7. The van der Waals surface area contributed by atoms with E-state index >= 15 is 0 Å². The second-order valence-electron chi connectivity index (χ2n) is 8.00. The summed E-state index contributed by atoms with van der Waals surface area (Å²) in [6.45, 7) is 16.9. The van der Waals surface area contributed by atoms with Gasteiger partial charge in [-0.05, 0) is 75.4 Å². The standard InChI is InChI=1S/C26H39N3O2/c1-5-28(6-2)15-9-17-30-21-11-13-25-23(19-21)24-20-22(12-14-26(24)27-25)31-18-10-16-29(7-3)8-4/h11-14,19-20,27H,5-10,15-18H2,1-4H3. The van der Waals surface area contributed by atoms with E-state index in [1.807, 2.05) is 0 Å². The SMILES string of the molecule is CCN(CC)CCCOc1ccc2[nH]c3ccc(OCCCN(CC)CC)cc3c2c1. The first-order valence-electron chi connectivity index (χ1n) is 11.9. The fourth-order valence-electron chi connectivity index (χ4n) is 4.07. The fourth-order valence-corrected chi connectivity index (χ4v) is 4.07. The van der Waals surface area contributed by atoms with Crippen molar-refractivity contribution in [2.45, 2.75) is 40.5 Å². The molecule has 2 aromatic carbocycles. The Morgan fingerprint density at radius 2 is 1.06 bits per heavy atom. The summed E-state index contributed by atoms with van der Waals surface area (Å²) < 4.78 is 12.1. The molecule has 0 saturated heterocycles. The smallest absolute Gasteiger partial charge is 0.120 e. The molecule has 3 aromatic rings. The van der Waals surface area contributed by atoms with Gasteiger partial charge in [0.25, 0.3) is 0 Å². The molecule has 0 unspecified atom stereocenters. The monoisotopic (exact) mass is 425 g/mol. The molecule has 0 amide bonds. The summed E-state index contributed by atoms with van der Waals surface area (Å²) in [5.74, 6) is 1.86.